The van der Waals surface area contributed by atoms with Gasteiger partial charge in [-0.2, -0.15) is 5.26 Å². The van der Waals surface area contributed by atoms with Gasteiger partial charge in [0.1, 0.15) is 5.82 Å². The second-order valence-electron chi connectivity index (χ2n) is 7.31. The summed E-state index contributed by atoms with van der Waals surface area (Å²) < 4.78 is 2.07. The number of likely N-dealkylation sites (tertiary alicyclic amines) is 1. The lowest BCUT2D eigenvalue weighted by Gasteiger charge is -2.16. The van der Waals surface area contributed by atoms with Gasteiger partial charge in [0, 0.05) is 32.4 Å². The monoisotopic (exact) mass is 388 g/mol. The van der Waals surface area contributed by atoms with E-state index >= 15 is 0 Å². The Bertz CT molecular complexity index is 1060. The van der Waals surface area contributed by atoms with Gasteiger partial charge in [0.2, 0.25) is 0 Å². The number of aromatic nitrogens is 2. The minimum absolute atomic E-state index is 0.0101. The van der Waals surface area contributed by atoms with Crippen LogP contribution in [0.1, 0.15) is 29.8 Å². The number of amides is 2. The van der Waals surface area contributed by atoms with Gasteiger partial charge < -0.3 is 20.1 Å². The number of rotatable bonds is 5. The number of fused-ring (bicyclic) bond motifs is 1. The van der Waals surface area contributed by atoms with E-state index in [4.69, 9.17) is 10.2 Å². The van der Waals surface area contributed by atoms with Crippen molar-refractivity contribution in [2.24, 2.45) is 7.05 Å². The van der Waals surface area contributed by atoms with Crippen LogP contribution in [0.5, 0.6) is 0 Å². The fraction of sp³-hybridized carbons (Fsp3) is 0.318. The van der Waals surface area contributed by atoms with E-state index in [-0.39, 0.29) is 6.03 Å². The molecule has 29 heavy (non-hydrogen) atoms. The molecule has 2 heterocycles. The molecule has 0 bridgehead atoms. The van der Waals surface area contributed by atoms with Crippen molar-refractivity contribution in [3.8, 4) is 6.07 Å². The first-order valence-corrected chi connectivity index (χ1v) is 9.85. The van der Waals surface area contributed by atoms with Crippen molar-refractivity contribution < 1.29 is 4.79 Å². The van der Waals surface area contributed by atoms with Gasteiger partial charge >= 0.3 is 6.03 Å². The highest BCUT2D eigenvalue weighted by Crippen LogP contribution is 2.18. The summed E-state index contributed by atoms with van der Waals surface area (Å²) in [5, 5.41) is 15.2. The third kappa shape index (κ3) is 4.16. The van der Waals surface area contributed by atoms with Crippen LogP contribution < -0.4 is 10.6 Å². The number of hydrogen-bond acceptors (Lipinski definition) is 4. The normalized spacial score (nSPS) is 13.4. The fourth-order valence-corrected chi connectivity index (χ4v) is 3.62. The summed E-state index contributed by atoms with van der Waals surface area (Å²) in [6.45, 7) is 2.78. The number of carbonyl (C=O) groups excluding carboxylic acids is 1. The molecule has 2 amide bonds. The van der Waals surface area contributed by atoms with E-state index in [0.29, 0.717) is 18.7 Å². The number of nitrogens with zero attached hydrogens (tertiary/aromatic N) is 4. The molecule has 0 atom stereocenters. The Labute approximate surface area is 170 Å². The van der Waals surface area contributed by atoms with Crippen LogP contribution in [0.15, 0.2) is 42.5 Å². The summed E-state index contributed by atoms with van der Waals surface area (Å²) in [6.07, 6.45) is 2.18. The van der Waals surface area contributed by atoms with E-state index in [9.17, 15) is 4.79 Å². The molecule has 0 saturated carbocycles. The van der Waals surface area contributed by atoms with Crippen LogP contribution in [0.2, 0.25) is 0 Å². The van der Waals surface area contributed by atoms with Crippen molar-refractivity contribution in [1.82, 2.24) is 19.8 Å². The van der Waals surface area contributed by atoms with Gasteiger partial charge in [0.15, 0.2) is 0 Å². The Kier molecular flexibility index (Phi) is 5.34. The minimum Gasteiger partial charge on any atom is -0.378 e. The number of imidazole rings is 1. The highest BCUT2D eigenvalue weighted by Gasteiger charge is 2.17. The van der Waals surface area contributed by atoms with E-state index in [1.807, 2.05) is 42.3 Å². The van der Waals surface area contributed by atoms with Gasteiger partial charge in [-0.05, 0) is 54.8 Å². The molecule has 0 unspecified atom stereocenters. The Morgan fingerprint density at radius 1 is 1.14 bits per heavy atom. The maximum Gasteiger partial charge on any atom is 0.317 e. The molecular weight excluding hydrogens is 364 g/mol. The Morgan fingerprint density at radius 2 is 1.90 bits per heavy atom. The zero-order chi connectivity index (χ0) is 20.2. The maximum atomic E-state index is 12.2. The van der Waals surface area contributed by atoms with Crippen molar-refractivity contribution in [3.63, 3.8) is 0 Å². The SMILES string of the molecule is Cn1c(CNc2ccc(C#N)cc2)nc2cc(CNC(=O)N3CCCC3)ccc21. The van der Waals surface area contributed by atoms with Crippen molar-refractivity contribution in [2.75, 3.05) is 18.4 Å². The molecule has 0 radical (unpaired) electrons. The highest BCUT2D eigenvalue weighted by molar-refractivity contribution is 5.78. The lowest BCUT2D eigenvalue weighted by molar-refractivity contribution is 0.208. The first-order chi connectivity index (χ1) is 14.1. The summed E-state index contributed by atoms with van der Waals surface area (Å²) in [7, 11) is 2.00. The molecule has 0 spiro atoms. The number of hydrogen-bond donors (Lipinski definition) is 2. The van der Waals surface area contributed by atoms with Gasteiger partial charge in [-0.25, -0.2) is 9.78 Å². The fourth-order valence-electron chi connectivity index (χ4n) is 3.62. The summed E-state index contributed by atoms with van der Waals surface area (Å²) in [5.74, 6) is 0.919. The second kappa shape index (κ2) is 8.23. The zero-order valence-electron chi connectivity index (χ0n) is 16.5. The molecular formula is C22H24N6O. The lowest BCUT2D eigenvalue weighted by atomic mass is 10.2. The third-order valence-corrected chi connectivity index (χ3v) is 5.34. The summed E-state index contributed by atoms with van der Waals surface area (Å²) >= 11 is 0. The van der Waals surface area contributed by atoms with Gasteiger partial charge in [-0.15, -0.1) is 0 Å². The number of carbonyl (C=O) groups is 1. The number of aryl methyl sites for hydroxylation is 1. The van der Waals surface area contributed by atoms with E-state index in [2.05, 4.69) is 21.3 Å². The molecule has 3 aromatic rings. The molecule has 4 rings (SSSR count). The summed E-state index contributed by atoms with van der Waals surface area (Å²) in [6, 6.07) is 15.6. The molecule has 2 aromatic carbocycles. The summed E-state index contributed by atoms with van der Waals surface area (Å²) in [4.78, 5) is 18.8. The first kappa shape index (κ1) is 18.8. The largest absolute Gasteiger partial charge is 0.378 e. The van der Waals surface area contributed by atoms with Gasteiger partial charge in [0.05, 0.1) is 29.2 Å². The smallest absolute Gasteiger partial charge is 0.317 e. The maximum absolute atomic E-state index is 12.2. The van der Waals surface area contributed by atoms with E-state index in [0.717, 1.165) is 54.0 Å². The van der Waals surface area contributed by atoms with Crippen LogP contribution in [0.4, 0.5) is 10.5 Å². The second-order valence-corrected chi connectivity index (χ2v) is 7.31. The molecule has 1 aromatic heterocycles. The standard InChI is InChI=1S/C22H24N6O/c1-27-20-9-6-17(14-25-22(29)28-10-2-3-11-28)12-19(20)26-21(27)15-24-18-7-4-16(13-23)5-8-18/h4-9,12,24H,2-3,10-11,14-15H2,1H3,(H,25,29). The number of nitriles is 1. The zero-order valence-corrected chi connectivity index (χ0v) is 16.5. The molecule has 1 fully saturated rings. The van der Waals surface area contributed by atoms with Crippen LogP contribution >= 0.6 is 0 Å². The molecule has 7 nitrogen and oxygen atoms in total. The number of nitrogens with one attached hydrogen (secondary N) is 2. The topological polar surface area (TPSA) is 86.0 Å². The van der Waals surface area contributed by atoms with Crippen molar-refractivity contribution in [2.45, 2.75) is 25.9 Å². The van der Waals surface area contributed by atoms with Crippen molar-refractivity contribution in [3.05, 3.63) is 59.4 Å². The van der Waals surface area contributed by atoms with Crippen LogP contribution in [0, 0.1) is 11.3 Å². The molecule has 148 valence electrons. The van der Waals surface area contributed by atoms with Crippen molar-refractivity contribution >= 4 is 22.8 Å². The van der Waals surface area contributed by atoms with E-state index < -0.39 is 0 Å². The lowest BCUT2D eigenvalue weighted by Crippen LogP contribution is -2.37. The van der Waals surface area contributed by atoms with E-state index in [1.54, 1.807) is 12.1 Å². The van der Waals surface area contributed by atoms with Gasteiger partial charge in [-0.1, -0.05) is 6.07 Å². The molecule has 1 saturated heterocycles. The molecule has 0 aliphatic carbocycles. The van der Waals surface area contributed by atoms with Crippen LogP contribution in [-0.4, -0.2) is 33.6 Å². The predicted octanol–water partition coefficient (Wildman–Crippen LogP) is 3.36. The Hall–Kier alpha value is -3.53. The number of urea groups is 1. The van der Waals surface area contributed by atoms with Gasteiger partial charge in [-0.3, -0.25) is 0 Å². The molecule has 7 heteroatoms. The number of benzene rings is 2. The third-order valence-electron chi connectivity index (χ3n) is 5.34. The van der Waals surface area contributed by atoms with Crippen LogP contribution in [0.3, 0.4) is 0 Å². The van der Waals surface area contributed by atoms with E-state index in [1.165, 1.54) is 0 Å². The average molecular weight is 388 g/mol. The number of anilines is 1. The molecule has 1 aliphatic rings. The highest BCUT2D eigenvalue weighted by atomic mass is 16.2. The predicted molar refractivity (Wildman–Crippen MR) is 112 cm³/mol. The van der Waals surface area contributed by atoms with Crippen molar-refractivity contribution in [1.29, 1.82) is 5.26 Å². The molecule has 1 aliphatic heterocycles. The van der Waals surface area contributed by atoms with Gasteiger partial charge in [0.25, 0.3) is 0 Å². The first-order valence-electron chi connectivity index (χ1n) is 9.85. The summed E-state index contributed by atoms with van der Waals surface area (Å²) in [5.41, 5.74) is 4.59. The average Bonchev–Trinajstić information content (AvgIpc) is 3.39. The van der Waals surface area contributed by atoms with Crippen LogP contribution in [0.25, 0.3) is 11.0 Å². The van der Waals surface area contributed by atoms with Crippen LogP contribution in [-0.2, 0) is 20.1 Å². The minimum atomic E-state index is 0.0101. The Balaban J connectivity index is 1.42. The Morgan fingerprint density at radius 3 is 2.62 bits per heavy atom. The molecule has 2 N–H and O–H groups in total. The quantitative estimate of drug-likeness (QED) is 0.702.